The SMILES string of the molecule is c1ccc(N2CCN(Cc3ccc(Nc4ncnc5[nH]ncc45)cc3)CC2)nc1. The van der Waals surface area contributed by atoms with Crippen LogP contribution < -0.4 is 10.2 Å². The first-order chi connectivity index (χ1) is 14.3. The van der Waals surface area contributed by atoms with Crippen LogP contribution in [-0.2, 0) is 6.54 Å². The van der Waals surface area contributed by atoms with Crippen molar-refractivity contribution in [3.05, 3.63) is 66.7 Å². The number of piperazine rings is 1. The number of fused-ring (bicyclic) bond motifs is 1. The average molecular weight is 386 g/mol. The molecule has 0 unspecified atom stereocenters. The minimum Gasteiger partial charge on any atom is -0.354 e. The number of aromatic amines is 1. The van der Waals surface area contributed by atoms with E-state index in [0.29, 0.717) is 0 Å². The summed E-state index contributed by atoms with van der Waals surface area (Å²) in [6, 6.07) is 14.6. The highest BCUT2D eigenvalue weighted by atomic mass is 15.3. The van der Waals surface area contributed by atoms with Gasteiger partial charge in [0.25, 0.3) is 0 Å². The second kappa shape index (κ2) is 7.84. The molecule has 4 heterocycles. The predicted octanol–water partition coefficient (Wildman–Crippen LogP) is 2.81. The first-order valence-corrected chi connectivity index (χ1v) is 9.73. The van der Waals surface area contributed by atoms with Gasteiger partial charge >= 0.3 is 0 Å². The van der Waals surface area contributed by atoms with Crippen molar-refractivity contribution in [3.63, 3.8) is 0 Å². The van der Waals surface area contributed by atoms with Crippen molar-refractivity contribution in [2.45, 2.75) is 6.54 Å². The van der Waals surface area contributed by atoms with E-state index in [2.05, 4.69) is 70.6 Å². The summed E-state index contributed by atoms with van der Waals surface area (Å²) in [5.41, 5.74) is 3.02. The molecule has 0 atom stereocenters. The van der Waals surface area contributed by atoms with Crippen LogP contribution in [0.4, 0.5) is 17.3 Å². The molecular formula is C21H22N8. The maximum Gasteiger partial charge on any atom is 0.160 e. The Morgan fingerprint density at radius 1 is 0.931 bits per heavy atom. The third-order valence-electron chi connectivity index (χ3n) is 5.22. The minimum absolute atomic E-state index is 0.726. The van der Waals surface area contributed by atoms with E-state index in [9.17, 15) is 0 Å². The number of rotatable bonds is 5. The smallest absolute Gasteiger partial charge is 0.160 e. The minimum atomic E-state index is 0.726. The van der Waals surface area contributed by atoms with Crippen LogP contribution in [0.5, 0.6) is 0 Å². The fraction of sp³-hybridized carbons (Fsp3) is 0.238. The van der Waals surface area contributed by atoms with Crippen LogP contribution in [0, 0.1) is 0 Å². The summed E-state index contributed by atoms with van der Waals surface area (Å²) in [4.78, 5) is 17.8. The van der Waals surface area contributed by atoms with Gasteiger partial charge in [-0.05, 0) is 29.8 Å². The lowest BCUT2D eigenvalue weighted by Crippen LogP contribution is -2.46. The third-order valence-corrected chi connectivity index (χ3v) is 5.22. The van der Waals surface area contributed by atoms with Gasteiger partial charge in [0.05, 0.1) is 11.6 Å². The van der Waals surface area contributed by atoms with E-state index in [1.165, 1.54) is 11.9 Å². The number of hydrogen-bond donors (Lipinski definition) is 2. The van der Waals surface area contributed by atoms with Crippen LogP contribution in [0.1, 0.15) is 5.56 Å². The quantitative estimate of drug-likeness (QED) is 0.545. The Labute approximate surface area is 168 Å². The summed E-state index contributed by atoms with van der Waals surface area (Å²) in [6.45, 7) is 5.04. The molecule has 1 aliphatic rings. The van der Waals surface area contributed by atoms with Crippen molar-refractivity contribution in [1.29, 1.82) is 0 Å². The lowest BCUT2D eigenvalue weighted by molar-refractivity contribution is 0.249. The Morgan fingerprint density at radius 2 is 1.79 bits per heavy atom. The Bertz CT molecular complexity index is 1070. The number of hydrogen-bond acceptors (Lipinski definition) is 7. The fourth-order valence-electron chi connectivity index (χ4n) is 3.63. The molecule has 0 saturated carbocycles. The van der Waals surface area contributed by atoms with Gasteiger partial charge in [-0.3, -0.25) is 10.00 Å². The zero-order valence-corrected chi connectivity index (χ0v) is 16.0. The molecule has 0 bridgehead atoms. The highest BCUT2D eigenvalue weighted by Gasteiger charge is 2.17. The zero-order valence-electron chi connectivity index (χ0n) is 16.0. The van der Waals surface area contributed by atoms with Crippen molar-refractivity contribution in [1.82, 2.24) is 30.0 Å². The number of nitrogens with one attached hydrogen (secondary N) is 2. The molecule has 8 heteroatoms. The van der Waals surface area contributed by atoms with Gasteiger partial charge < -0.3 is 10.2 Å². The second-order valence-electron chi connectivity index (χ2n) is 7.13. The zero-order chi connectivity index (χ0) is 19.5. The molecule has 0 spiro atoms. The van der Waals surface area contributed by atoms with Gasteiger partial charge in [-0.15, -0.1) is 0 Å². The van der Waals surface area contributed by atoms with E-state index in [1.807, 2.05) is 18.3 Å². The molecule has 0 radical (unpaired) electrons. The molecule has 4 aromatic rings. The fourth-order valence-corrected chi connectivity index (χ4v) is 3.63. The summed E-state index contributed by atoms with van der Waals surface area (Å²) < 4.78 is 0. The lowest BCUT2D eigenvalue weighted by atomic mass is 10.1. The summed E-state index contributed by atoms with van der Waals surface area (Å²) in [7, 11) is 0. The van der Waals surface area contributed by atoms with E-state index >= 15 is 0 Å². The van der Waals surface area contributed by atoms with E-state index < -0.39 is 0 Å². The van der Waals surface area contributed by atoms with E-state index in [0.717, 1.165) is 61.1 Å². The Hall–Kier alpha value is -3.52. The molecule has 146 valence electrons. The molecule has 1 aromatic carbocycles. The summed E-state index contributed by atoms with van der Waals surface area (Å²) in [6.07, 6.45) is 5.12. The first kappa shape index (κ1) is 17.6. The van der Waals surface area contributed by atoms with Gasteiger partial charge in [0, 0.05) is 44.6 Å². The second-order valence-corrected chi connectivity index (χ2v) is 7.13. The number of H-pyrrole nitrogens is 1. The third kappa shape index (κ3) is 3.88. The molecule has 2 N–H and O–H groups in total. The van der Waals surface area contributed by atoms with Crippen molar-refractivity contribution >= 4 is 28.4 Å². The molecular weight excluding hydrogens is 364 g/mol. The molecule has 0 amide bonds. The monoisotopic (exact) mass is 386 g/mol. The van der Waals surface area contributed by atoms with Gasteiger partial charge in [-0.25, -0.2) is 15.0 Å². The predicted molar refractivity (Wildman–Crippen MR) is 113 cm³/mol. The van der Waals surface area contributed by atoms with Gasteiger partial charge in [0.15, 0.2) is 5.65 Å². The first-order valence-electron chi connectivity index (χ1n) is 9.73. The van der Waals surface area contributed by atoms with Gasteiger partial charge in [0.1, 0.15) is 18.0 Å². The van der Waals surface area contributed by atoms with Crippen molar-refractivity contribution in [2.24, 2.45) is 0 Å². The number of anilines is 3. The Kier molecular flexibility index (Phi) is 4.75. The average Bonchev–Trinajstić information content (AvgIpc) is 3.26. The molecule has 3 aromatic heterocycles. The van der Waals surface area contributed by atoms with Gasteiger partial charge in [-0.2, -0.15) is 5.10 Å². The van der Waals surface area contributed by atoms with Crippen LogP contribution >= 0.6 is 0 Å². The molecule has 0 aliphatic carbocycles. The molecule has 1 aliphatic heterocycles. The van der Waals surface area contributed by atoms with E-state index in [1.54, 1.807) is 6.20 Å². The standard InChI is InChI=1S/C21H22N8/c1-2-8-22-19(3-1)29-11-9-28(10-12-29)14-16-4-6-17(7-5-16)26-20-18-13-25-27-21(18)24-15-23-20/h1-8,13,15H,9-12,14H2,(H2,23,24,25,26,27). The number of nitrogens with zero attached hydrogens (tertiary/aromatic N) is 6. The maximum atomic E-state index is 4.46. The van der Waals surface area contributed by atoms with E-state index in [-0.39, 0.29) is 0 Å². The highest BCUT2D eigenvalue weighted by Crippen LogP contribution is 2.22. The topological polar surface area (TPSA) is 85.9 Å². The Balaban J connectivity index is 1.19. The normalized spacial score (nSPS) is 15.0. The molecule has 29 heavy (non-hydrogen) atoms. The largest absolute Gasteiger partial charge is 0.354 e. The summed E-state index contributed by atoms with van der Waals surface area (Å²) in [5, 5.41) is 11.1. The van der Waals surface area contributed by atoms with Crippen LogP contribution in [0.15, 0.2) is 61.2 Å². The van der Waals surface area contributed by atoms with Crippen LogP contribution in [0.3, 0.4) is 0 Å². The number of pyridine rings is 1. The maximum absolute atomic E-state index is 4.46. The van der Waals surface area contributed by atoms with Crippen molar-refractivity contribution in [2.75, 3.05) is 36.4 Å². The summed E-state index contributed by atoms with van der Waals surface area (Å²) in [5.74, 6) is 1.82. The van der Waals surface area contributed by atoms with Crippen LogP contribution in [0.25, 0.3) is 11.0 Å². The van der Waals surface area contributed by atoms with Crippen LogP contribution in [-0.4, -0.2) is 56.2 Å². The van der Waals surface area contributed by atoms with Gasteiger partial charge in [-0.1, -0.05) is 18.2 Å². The molecule has 5 rings (SSSR count). The van der Waals surface area contributed by atoms with Crippen molar-refractivity contribution in [3.8, 4) is 0 Å². The molecule has 1 saturated heterocycles. The van der Waals surface area contributed by atoms with E-state index in [4.69, 9.17) is 0 Å². The molecule has 1 fully saturated rings. The highest BCUT2D eigenvalue weighted by molar-refractivity contribution is 5.87. The number of benzene rings is 1. The summed E-state index contributed by atoms with van der Waals surface area (Å²) >= 11 is 0. The lowest BCUT2D eigenvalue weighted by Gasteiger charge is -2.35. The van der Waals surface area contributed by atoms with Crippen molar-refractivity contribution < 1.29 is 0 Å². The van der Waals surface area contributed by atoms with Crippen LogP contribution in [0.2, 0.25) is 0 Å². The Morgan fingerprint density at radius 3 is 2.59 bits per heavy atom. The number of aromatic nitrogens is 5. The molecule has 8 nitrogen and oxygen atoms in total. The van der Waals surface area contributed by atoms with Gasteiger partial charge in [0.2, 0.25) is 0 Å².